The molecule has 3 aromatic rings. The molecular formula is C22H25N3O. The van der Waals surface area contributed by atoms with Gasteiger partial charge in [-0.3, -0.25) is 4.79 Å². The molecule has 1 saturated heterocycles. The van der Waals surface area contributed by atoms with Crippen LogP contribution in [-0.2, 0) is 17.8 Å². The van der Waals surface area contributed by atoms with Crippen molar-refractivity contribution in [1.29, 1.82) is 0 Å². The molecule has 0 aliphatic carbocycles. The van der Waals surface area contributed by atoms with Gasteiger partial charge in [-0.25, -0.2) is 4.98 Å². The Bertz CT molecular complexity index is 922. The summed E-state index contributed by atoms with van der Waals surface area (Å²) in [5, 5.41) is 0. The number of hydrogen-bond donors (Lipinski definition) is 0. The first-order valence-electron chi connectivity index (χ1n) is 9.48. The fourth-order valence-electron chi connectivity index (χ4n) is 3.85. The number of likely N-dealkylation sites (tertiary alicyclic amines) is 1. The summed E-state index contributed by atoms with van der Waals surface area (Å²) >= 11 is 0. The second-order valence-electron chi connectivity index (χ2n) is 7.17. The Morgan fingerprint density at radius 2 is 1.88 bits per heavy atom. The van der Waals surface area contributed by atoms with E-state index in [-0.39, 0.29) is 5.91 Å². The minimum atomic E-state index is 0.266. The number of benzene rings is 2. The maximum atomic E-state index is 12.5. The molecule has 0 saturated carbocycles. The molecule has 26 heavy (non-hydrogen) atoms. The molecule has 1 fully saturated rings. The average Bonchev–Trinajstić information content (AvgIpc) is 3.28. The molecule has 1 aromatic heterocycles. The molecule has 4 heteroatoms. The Morgan fingerprint density at radius 3 is 2.69 bits per heavy atom. The van der Waals surface area contributed by atoms with Crippen LogP contribution in [0.1, 0.15) is 36.2 Å². The van der Waals surface area contributed by atoms with Gasteiger partial charge in [0.05, 0.1) is 11.0 Å². The standard InChI is InChI=1S/C22H25N3O/c1-17-7-6-8-18(15-17)16-21-23-19-9-2-3-10-20(19)25(21)14-11-22(26)24-12-4-5-13-24/h2-3,6-10,15H,4-5,11-14,16H2,1H3. The quantitative estimate of drug-likeness (QED) is 0.701. The Labute approximate surface area is 154 Å². The number of carbonyl (C=O) groups is 1. The number of aromatic nitrogens is 2. The molecule has 0 spiro atoms. The number of para-hydroxylation sites is 2. The summed E-state index contributed by atoms with van der Waals surface area (Å²) < 4.78 is 2.23. The van der Waals surface area contributed by atoms with Gasteiger partial charge in [-0.2, -0.15) is 0 Å². The van der Waals surface area contributed by atoms with Crippen LogP contribution in [0.5, 0.6) is 0 Å². The van der Waals surface area contributed by atoms with Crippen molar-refractivity contribution in [3.63, 3.8) is 0 Å². The molecule has 1 aliphatic heterocycles. The highest BCUT2D eigenvalue weighted by atomic mass is 16.2. The van der Waals surface area contributed by atoms with Crippen molar-refractivity contribution in [3.8, 4) is 0 Å². The zero-order valence-electron chi connectivity index (χ0n) is 15.3. The molecule has 0 N–H and O–H groups in total. The number of aryl methyl sites for hydroxylation is 2. The first kappa shape index (κ1) is 16.8. The second kappa shape index (κ2) is 7.32. The maximum absolute atomic E-state index is 12.5. The summed E-state index contributed by atoms with van der Waals surface area (Å²) in [4.78, 5) is 19.3. The minimum Gasteiger partial charge on any atom is -0.343 e. The predicted molar refractivity (Wildman–Crippen MR) is 104 cm³/mol. The SMILES string of the molecule is Cc1cccc(Cc2nc3ccccc3n2CCC(=O)N2CCCC2)c1. The van der Waals surface area contributed by atoms with E-state index in [9.17, 15) is 4.79 Å². The molecule has 0 unspecified atom stereocenters. The molecule has 134 valence electrons. The van der Waals surface area contributed by atoms with E-state index >= 15 is 0 Å². The number of amides is 1. The van der Waals surface area contributed by atoms with Crippen LogP contribution in [-0.4, -0.2) is 33.4 Å². The van der Waals surface area contributed by atoms with Crippen molar-refractivity contribution in [3.05, 3.63) is 65.5 Å². The molecule has 4 rings (SSSR count). The zero-order valence-corrected chi connectivity index (χ0v) is 15.3. The van der Waals surface area contributed by atoms with E-state index in [0.29, 0.717) is 13.0 Å². The maximum Gasteiger partial charge on any atom is 0.224 e. The van der Waals surface area contributed by atoms with Crippen LogP contribution in [0.15, 0.2) is 48.5 Å². The van der Waals surface area contributed by atoms with Gasteiger partial charge in [-0.1, -0.05) is 42.0 Å². The largest absolute Gasteiger partial charge is 0.343 e. The Kier molecular flexibility index (Phi) is 4.74. The fraction of sp³-hybridized carbons (Fsp3) is 0.364. The van der Waals surface area contributed by atoms with E-state index < -0.39 is 0 Å². The van der Waals surface area contributed by atoms with Crippen molar-refractivity contribution in [2.24, 2.45) is 0 Å². The monoisotopic (exact) mass is 347 g/mol. The van der Waals surface area contributed by atoms with Crippen LogP contribution in [0.2, 0.25) is 0 Å². The van der Waals surface area contributed by atoms with Crippen LogP contribution in [0.25, 0.3) is 11.0 Å². The van der Waals surface area contributed by atoms with Gasteiger partial charge in [0.1, 0.15) is 5.82 Å². The van der Waals surface area contributed by atoms with E-state index in [1.54, 1.807) is 0 Å². The van der Waals surface area contributed by atoms with E-state index in [1.165, 1.54) is 11.1 Å². The topological polar surface area (TPSA) is 38.1 Å². The van der Waals surface area contributed by atoms with Gasteiger partial charge >= 0.3 is 0 Å². The fourth-order valence-corrected chi connectivity index (χ4v) is 3.85. The molecule has 1 aliphatic rings. The molecule has 0 atom stereocenters. The van der Waals surface area contributed by atoms with Gasteiger partial charge in [0.25, 0.3) is 0 Å². The van der Waals surface area contributed by atoms with Crippen LogP contribution >= 0.6 is 0 Å². The van der Waals surface area contributed by atoms with Gasteiger partial charge < -0.3 is 9.47 Å². The first-order chi connectivity index (χ1) is 12.7. The average molecular weight is 347 g/mol. The van der Waals surface area contributed by atoms with Crippen LogP contribution in [0, 0.1) is 6.92 Å². The number of fused-ring (bicyclic) bond motifs is 1. The predicted octanol–water partition coefficient (Wildman–Crippen LogP) is 3.95. The van der Waals surface area contributed by atoms with Crippen molar-refractivity contribution in [2.45, 2.75) is 39.2 Å². The molecular weight excluding hydrogens is 322 g/mol. The van der Waals surface area contributed by atoms with Crippen LogP contribution in [0.4, 0.5) is 0 Å². The third kappa shape index (κ3) is 3.50. The third-order valence-corrected chi connectivity index (χ3v) is 5.19. The van der Waals surface area contributed by atoms with Crippen molar-refractivity contribution >= 4 is 16.9 Å². The number of hydrogen-bond acceptors (Lipinski definition) is 2. The van der Waals surface area contributed by atoms with E-state index in [4.69, 9.17) is 4.98 Å². The summed E-state index contributed by atoms with van der Waals surface area (Å²) in [7, 11) is 0. The summed E-state index contributed by atoms with van der Waals surface area (Å²) in [5.74, 6) is 1.30. The molecule has 0 bridgehead atoms. The Morgan fingerprint density at radius 1 is 1.08 bits per heavy atom. The highest BCUT2D eigenvalue weighted by Gasteiger charge is 2.19. The summed E-state index contributed by atoms with van der Waals surface area (Å²) in [6.45, 7) is 4.64. The number of rotatable bonds is 5. The number of nitrogens with zero attached hydrogens (tertiary/aromatic N) is 3. The number of imidazole rings is 1. The Balaban J connectivity index is 1.60. The van der Waals surface area contributed by atoms with E-state index in [1.807, 2.05) is 23.1 Å². The highest BCUT2D eigenvalue weighted by molar-refractivity contribution is 5.78. The van der Waals surface area contributed by atoms with Crippen LogP contribution in [0.3, 0.4) is 0 Å². The summed E-state index contributed by atoms with van der Waals surface area (Å²) in [5.41, 5.74) is 4.63. The summed E-state index contributed by atoms with van der Waals surface area (Å²) in [6, 6.07) is 16.8. The highest BCUT2D eigenvalue weighted by Crippen LogP contribution is 2.20. The van der Waals surface area contributed by atoms with Gasteiger partial charge in [-0.15, -0.1) is 0 Å². The molecule has 2 aromatic carbocycles. The molecule has 1 amide bonds. The van der Waals surface area contributed by atoms with Crippen molar-refractivity contribution in [2.75, 3.05) is 13.1 Å². The molecule has 2 heterocycles. The second-order valence-corrected chi connectivity index (χ2v) is 7.17. The van der Waals surface area contributed by atoms with Gasteiger partial charge in [0.2, 0.25) is 5.91 Å². The van der Waals surface area contributed by atoms with Crippen molar-refractivity contribution < 1.29 is 4.79 Å². The number of carbonyl (C=O) groups excluding carboxylic acids is 1. The van der Waals surface area contributed by atoms with E-state index in [0.717, 1.165) is 49.2 Å². The smallest absolute Gasteiger partial charge is 0.224 e. The van der Waals surface area contributed by atoms with Crippen molar-refractivity contribution in [1.82, 2.24) is 14.5 Å². The van der Waals surface area contributed by atoms with Gasteiger partial charge in [0, 0.05) is 32.5 Å². The normalized spacial score (nSPS) is 14.3. The first-order valence-corrected chi connectivity index (χ1v) is 9.48. The molecule has 0 radical (unpaired) electrons. The van der Waals surface area contributed by atoms with Gasteiger partial charge in [0.15, 0.2) is 0 Å². The minimum absolute atomic E-state index is 0.266. The lowest BCUT2D eigenvalue weighted by molar-refractivity contribution is -0.130. The lowest BCUT2D eigenvalue weighted by atomic mass is 10.1. The van der Waals surface area contributed by atoms with Crippen LogP contribution < -0.4 is 0 Å². The lowest BCUT2D eigenvalue weighted by Crippen LogP contribution is -2.28. The zero-order chi connectivity index (χ0) is 17.9. The van der Waals surface area contributed by atoms with Gasteiger partial charge in [-0.05, 0) is 37.5 Å². The third-order valence-electron chi connectivity index (χ3n) is 5.19. The molecule has 4 nitrogen and oxygen atoms in total. The van der Waals surface area contributed by atoms with E-state index in [2.05, 4.69) is 41.8 Å². The lowest BCUT2D eigenvalue weighted by Gasteiger charge is -2.16. The summed E-state index contributed by atoms with van der Waals surface area (Å²) in [6.07, 6.45) is 3.60. The Hall–Kier alpha value is -2.62.